The first-order chi connectivity index (χ1) is 11.1. The van der Waals surface area contributed by atoms with Gasteiger partial charge in [0.05, 0.1) is 26.9 Å². The van der Waals surface area contributed by atoms with E-state index in [1.54, 1.807) is 20.3 Å². The fourth-order valence-electron chi connectivity index (χ4n) is 2.34. The third-order valence-corrected chi connectivity index (χ3v) is 4.67. The number of hydrogen-bond donors (Lipinski definition) is 1. The average Bonchev–Trinajstić information content (AvgIpc) is 2.56. The number of thioether (sulfide) groups is 1. The van der Waals surface area contributed by atoms with Crippen LogP contribution in [-0.2, 0) is 6.42 Å². The Morgan fingerprint density at radius 2 is 1.65 bits per heavy atom. The van der Waals surface area contributed by atoms with Crippen LogP contribution in [0.25, 0.3) is 0 Å². The summed E-state index contributed by atoms with van der Waals surface area (Å²) in [6, 6.07) is 7.85. The fourth-order valence-corrected chi connectivity index (χ4v) is 3.24. The van der Waals surface area contributed by atoms with Gasteiger partial charge in [-0.1, -0.05) is 30.0 Å². The van der Waals surface area contributed by atoms with Gasteiger partial charge in [0.2, 0.25) is 11.8 Å². The van der Waals surface area contributed by atoms with Crippen molar-refractivity contribution in [3.8, 4) is 11.8 Å². The number of benzene rings is 1. The van der Waals surface area contributed by atoms with Gasteiger partial charge in [0, 0.05) is 5.25 Å². The maximum absolute atomic E-state index is 9.74. The molecule has 0 amide bonds. The number of ether oxygens (including phenoxy) is 2. The lowest BCUT2D eigenvalue weighted by Crippen LogP contribution is -2.14. The third-order valence-electron chi connectivity index (χ3n) is 3.63. The van der Waals surface area contributed by atoms with Gasteiger partial charge in [-0.3, -0.25) is 0 Å². The van der Waals surface area contributed by atoms with Crippen LogP contribution in [-0.4, -0.2) is 41.2 Å². The molecule has 2 rings (SSSR count). The molecule has 1 N–H and O–H groups in total. The Hall–Kier alpha value is -1.79. The molecule has 0 aliphatic rings. The number of rotatable bonds is 7. The molecule has 124 valence electrons. The van der Waals surface area contributed by atoms with Gasteiger partial charge in [-0.15, -0.1) is 0 Å². The second-order valence-electron chi connectivity index (χ2n) is 5.23. The maximum Gasteiger partial charge on any atom is 0.220 e. The van der Waals surface area contributed by atoms with Crippen LogP contribution in [0.2, 0.25) is 0 Å². The van der Waals surface area contributed by atoms with Crippen LogP contribution in [0.15, 0.2) is 29.4 Å². The number of aliphatic hydroxyl groups excluding tert-OH is 1. The van der Waals surface area contributed by atoms with E-state index >= 15 is 0 Å². The number of methoxy groups -OCH3 is 2. The van der Waals surface area contributed by atoms with Crippen molar-refractivity contribution in [2.75, 3.05) is 20.8 Å². The van der Waals surface area contributed by atoms with Crippen molar-refractivity contribution >= 4 is 11.8 Å². The number of nitrogens with zero attached hydrogens (tertiary/aromatic N) is 2. The molecule has 5 nitrogen and oxygen atoms in total. The quantitative estimate of drug-likeness (QED) is 0.620. The molecule has 0 saturated heterocycles. The first-order valence-electron chi connectivity index (χ1n) is 7.37. The van der Waals surface area contributed by atoms with Gasteiger partial charge in [0.1, 0.15) is 0 Å². The Balaban J connectivity index is 2.19. The summed E-state index contributed by atoms with van der Waals surface area (Å²) in [6.45, 7) is 4.22. The molecule has 2 aromatic rings. The first-order valence-corrected chi connectivity index (χ1v) is 8.25. The van der Waals surface area contributed by atoms with E-state index in [1.165, 1.54) is 28.5 Å². The maximum atomic E-state index is 9.74. The van der Waals surface area contributed by atoms with Crippen LogP contribution in [0.5, 0.6) is 11.8 Å². The second-order valence-corrected chi connectivity index (χ2v) is 6.50. The van der Waals surface area contributed by atoms with Crippen LogP contribution in [0.4, 0.5) is 0 Å². The molecule has 1 aromatic heterocycles. The molecule has 0 bridgehead atoms. The van der Waals surface area contributed by atoms with Crippen LogP contribution in [0, 0.1) is 13.8 Å². The van der Waals surface area contributed by atoms with E-state index in [-0.39, 0.29) is 11.9 Å². The average molecular weight is 334 g/mol. The van der Waals surface area contributed by atoms with Crippen molar-refractivity contribution in [2.24, 2.45) is 0 Å². The van der Waals surface area contributed by atoms with Crippen LogP contribution in [0.3, 0.4) is 0 Å². The predicted molar refractivity (Wildman–Crippen MR) is 91.5 cm³/mol. The minimum Gasteiger partial charge on any atom is -0.481 e. The smallest absolute Gasteiger partial charge is 0.220 e. The lowest BCUT2D eigenvalue weighted by molar-refractivity contribution is 0.293. The molecule has 6 heteroatoms. The predicted octanol–water partition coefficient (Wildman–Crippen LogP) is 2.81. The topological polar surface area (TPSA) is 64.5 Å². The third kappa shape index (κ3) is 4.59. The Labute approximate surface area is 141 Å². The van der Waals surface area contributed by atoms with E-state index in [0.717, 1.165) is 6.42 Å². The van der Waals surface area contributed by atoms with E-state index < -0.39 is 0 Å². The lowest BCUT2D eigenvalue weighted by atomic mass is 9.99. The Kier molecular flexibility index (Phi) is 6.24. The fraction of sp³-hybridized carbons (Fsp3) is 0.412. The van der Waals surface area contributed by atoms with E-state index in [2.05, 4.69) is 35.9 Å². The van der Waals surface area contributed by atoms with Crippen LogP contribution in [0.1, 0.15) is 16.7 Å². The van der Waals surface area contributed by atoms with Gasteiger partial charge in [-0.2, -0.15) is 9.97 Å². The van der Waals surface area contributed by atoms with Crippen molar-refractivity contribution < 1.29 is 14.6 Å². The zero-order valence-electron chi connectivity index (χ0n) is 13.9. The van der Waals surface area contributed by atoms with Crippen molar-refractivity contribution in [1.29, 1.82) is 0 Å². The van der Waals surface area contributed by atoms with Crippen molar-refractivity contribution in [2.45, 2.75) is 30.7 Å². The van der Waals surface area contributed by atoms with Gasteiger partial charge in [0.25, 0.3) is 0 Å². The van der Waals surface area contributed by atoms with Crippen molar-refractivity contribution in [1.82, 2.24) is 9.97 Å². The molecule has 1 unspecified atom stereocenters. The summed E-state index contributed by atoms with van der Waals surface area (Å²) >= 11 is 1.43. The molecular weight excluding hydrogens is 312 g/mol. The largest absolute Gasteiger partial charge is 0.481 e. The minimum absolute atomic E-state index is 0.0355. The SMILES string of the molecule is COc1cc(OC)nc(SC(CO)Cc2c(C)cccc2C)n1. The summed E-state index contributed by atoms with van der Waals surface area (Å²) in [5.41, 5.74) is 3.72. The molecule has 1 atom stereocenters. The minimum atomic E-state index is -0.0355. The van der Waals surface area contributed by atoms with Gasteiger partial charge < -0.3 is 14.6 Å². The molecule has 0 aliphatic carbocycles. The van der Waals surface area contributed by atoms with Crippen LogP contribution < -0.4 is 9.47 Å². The summed E-state index contributed by atoms with van der Waals surface area (Å²) in [4.78, 5) is 8.63. The zero-order chi connectivity index (χ0) is 16.8. The van der Waals surface area contributed by atoms with Crippen LogP contribution >= 0.6 is 11.8 Å². The second kappa shape index (κ2) is 8.17. The number of aryl methyl sites for hydroxylation is 2. The normalized spacial score (nSPS) is 12.0. The molecular formula is C17H22N2O3S. The highest BCUT2D eigenvalue weighted by Crippen LogP contribution is 2.28. The van der Waals surface area contributed by atoms with E-state index in [0.29, 0.717) is 16.9 Å². The number of aromatic nitrogens is 2. The summed E-state index contributed by atoms with van der Waals surface area (Å²) in [6.07, 6.45) is 0.753. The summed E-state index contributed by atoms with van der Waals surface area (Å²) < 4.78 is 10.3. The molecule has 0 spiro atoms. The molecule has 23 heavy (non-hydrogen) atoms. The standard InChI is InChI=1S/C17H22N2O3S/c1-11-6-5-7-12(2)14(11)8-13(10-20)23-17-18-15(21-3)9-16(19-17)22-4/h5-7,9,13,20H,8,10H2,1-4H3. The Bertz CT molecular complexity index is 622. The van der Waals surface area contributed by atoms with Gasteiger partial charge >= 0.3 is 0 Å². The molecule has 0 fully saturated rings. The number of hydrogen-bond acceptors (Lipinski definition) is 6. The van der Waals surface area contributed by atoms with E-state index in [4.69, 9.17) is 9.47 Å². The molecule has 0 radical (unpaired) electrons. The lowest BCUT2D eigenvalue weighted by Gasteiger charge is -2.17. The first kappa shape index (κ1) is 17.6. The molecule has 1 aromatic carbocycles. The van der Waals surface area contributed by atoms with Crippen molar-refractivity contribution in [3.05, 3.63) is 41.0 Å². The highest BCUT2D eigenvalue weighted by atomic mass is 32.2. The molecule has 0 saturated carbocycles. The van der Waals surface area contributed by atoms with E-state index in [1.807, 2.05) is 6.07 Å². The van der Waals surface area contributed by atoms with E-state index in [9.17, 15) is 5.11 Å². The van der Waals surface area contributed by atoms with Gasteiger partial charge in [-0.25, -0.2) is 0 Å². The molecule has 1 heterocycles. The zero-order valence-corrected chi connectivity index (χ0v) is 14.7. The monoisotopic (exact) mass is 334 g/mol. The number of aliphatic hydroxyl groups is 1. The Morgan fingerprint density at radius 3 is 2.13 bits per heavy atom. The summed E-state index contributed by atoms with van der Waals surface area (Å²) in [7, 11) is 3.10. The highest BCUT2D eigenvalue weighted by Gasteiger charge is 2.16. The summed E-state index contributed by atoms with van der Waals surface area (Å²) in [5, 5.41) is 10.2. The Morgan fingerprint density at radius 1 is 1.09 bits per heavy atom. The van der Waals surface area contributed by atoms with Gasteiger partial charge in [0.15, 0.2) is 5.16 Å². The summed E-state index contributed by atoms with van der Waals surface area (Å²) in [5.74, 6) is 0.895. The van der Waals surface area contributed by atoms with Crippen molar-refractivity contribution in [3.63, 3.8) is 0 Å². The highest BCUT2D eigenvalue weighted by molar-refractivity contribution is 7.99. The molecule has 0 aliphatic heterocycles. The van der Waals surface area contributed by atoms with Gasteiger partial charge in [-0.05, 0) is 37.0 Å².